The lowest BCUT2D eigenvalue weighted by Gasteiger charge is -1.96. The molecule has 0 fully saturated rings. The topological polar surface area (TPSA) is 29.1 Å². The van der Waals surface area contributed by atoms with Crippen molar-refractivity contribution in [3.05, 3.63) is 29.5 Å². The number of rotatable bonds is 2. The smallest absolute Gasteiger partial charge is 0.259 e. The fraction of sp³-hybridized carbons (Fsp3) is 0.250. The molecule has 0 spiro atoms. The average Bonchev–Trinajstić information content (AvgIpc) is 2.38. The van der Waals surface area contributed by atoms with Gasteiger partial charge in [0.25, 0.3) is 5.91 Å². The van der Waals surface area contributed by atoms with Crippen molar-refractivity contribution in [2.75, 3.05) is 6.54 Å². The van der Waals surface area contributed by atoms with E-state index in [4.69, 9.17) is 0 Å². The van der Waals surface area contributed by atoms with Crippen molar-refractivity contribution in [2.45, 2.75) is 6.92 Å². The van der Waals surface area contributed by atoms with Gasteiger partial charge in [0.05, 0.1) is 5.57 Å². The normalized spacial score (nSPS) is 13.5. The van der Waals surface area contributed by atoms with E-state index in [1.165, 1.54) is 0 Å². The lowest BCUT2D eigenvalue weighted by atomic mass is 10.3. The molecule has 0 aromatic carbocycles. The Hall–Kier alpha value is -1.27. The average molecular weight is 135 g/mol. The molecule has 0 radical (unpaired) electrons. The van der Waals surface area contributed by atoms with Gasteiger partial charge in [-0.1, -0.05) is 6.08 Å². The van der Waals surface area contributed by atoms with E-state index in [1.807, 2.05) is 6.92 Å². The number of allylic oxidation sites excluding steroid dienone is 1. The van der Waals surface area contributed by atoms with Gasteiger partial charge in [0.15, 0.2) is 0 Å². The first-order valence-corrected chi connectivity index (χ1v) is 3.26. The summed E-state index contributed by atoms with van der Waals surface area (Å²) in [5.41, 5.74) is 3.42. The lowest BCUT2D eigenvalue weighted by Crippen LogP contribution is -2.23. The van der Waals surface area contributed by atoms with Crippen LogP contribution in [0.25, 0.3) is 0 Å². The second kappa shape index (κ2) is 3.04. The molecule has 0 atom stereocenters. The van der Waals surface area contributed by atoms with Crippen LogP contribution in [0, 0.1) is 0 Å². The third-order valence-electron chi connectivity index (χ3n) is 1.18. The Kier molecular flexibility index (Phi) is 2.08. The number of likely N-dealkylation sites (N-methyl/N-ethyl adjacent to an activating group) is 1. The van der Waals surface area contributed by atoms with Gasteiger partial charge in [0.1, 0.15) is 0 Å². The largest absolute Gasteiger partial charge is 0.352 e. The first kappa shape index (κ1) is 6.84. The molecule has 1 amide bonds. The first-order valence-electron chi connectivity index (χ1n) is 3.26. The van der Waals surface area contributed by atoms with E-state index in [9.17, 15) is 4.79 Å². The summed E-state index contributed by atoms with van der Waals surface area (Å²) in [5, 5.41) is 2.68. The molecular formula is C8H9NO. The highest BCUT2D eigenvalue weighted by Crippen LogP contribution is 2.00. The zero-order valence-corrected chi connectivity index (χ0v) is 5.85. The van der Waals surface area contributed by atoms with Gasteiger partial charge in [0, 0.05) is 6.54 Å². The Labute approximate surface area is 59.9 Å². The van der Waals surface area contributed by atoms with Crippen molar-refractivity contribution < 1.29 is 4.79 Å². The van der Waals surface area contributed by atoms with E-state index in [2.05, 4.69) is 11.0 Å². The molecule has 10 heavy (non-hydrogen) atoms. The molecule has 2 heteroatoms. The summed E-state index contributed by atoms with van der Waals surface area (Å²) in [6, 6.07) is 0. The van der Waals surface area contributed by atoms with E-state index in [0.29, 0.717) is 12.1 Å². The molecule has 0 aliphatic heterocycles. The minimum atomic E-state index is -0.0486. The third kappa shape index (κ3) is 1.36. The second-order valence-electron chi connectivity index (χ2n) is 1.94. The Morgan fingerprint density at radius 2 is 2.60 bits per heavy atom. The molecule has 1 rings (SSSR count). The molecule has 0 bridgehead atoms. The monoisotopic (exact) mass is 135 g/mol. The van der Waals surface area contributed by atoms with Crippen LogP contribution in [0.1, 0.15) is 6.92 Å². The number of nitrogens with one attached hydrogen (secondary N) is 1. The highest BCUT2D eigenvalue weighted by atomic mass is 16.1. The highest BCUT2D eigenvalue weighted by Gasteiger charge is 2.03. The molecule has 1 aliphatic rings. The van der Waals surface area contributed by atoms with Crippen molar-refractivity contribution >= 4 is 5.91 Å². The van der Waals surface area contributed by atoms with Gasteiger partial charge in [0.2, 0.25) is 0 Å². The standard InChI is InChI=1S/C8H9NO/c1-2-9-8(10)7-5-3-4-6-7/h3-5H,2H2,1H3,(H,9,10). The molecule has 0 aromatic heterocycles. The summed E-state index contributed by atoms with van der Waals surface area (Å²) in [7, 11) is 0. The predicted molar refractivity (Wildman–Crippen MR) is 39.4 cm³/mol. The van der Waals surface area contributed by atoms with Gasteiger partial charge in [-0.05, 0) is 19.1 Å². The third-order valence-corrected chi connectivity index (χ3v) is 1.18. The van der Waals surface area contributed by atoms with Crippen LogP contribution in [-0.4, -0.2) is 12.5 Å². The van der Waals surface area contributed by atoms with E-state index < -0.39 is 0 Å². The van der Waals surface area contributed by atoms with Crippen LogP contribution < -0.4 is 5.32 Å². The SMILES string of the molecule is CCNC(=O)C1=C=CC=C1. The van der Waals surface area contributed by atoms with Crippen LogP contribution in [0.15, 0.2) is 29.5 Å². The van der Waals surface area contributed by atoms with Crippen LogP contribution >= 0.6 is 0 Å². The maximum Gasteiger partial charge on any atom is 0.259 e. The van der Waals surface area contributed by atoms with Crippen molar-refractivity contribution in [1.29, 1.82) is 0 Å². The van der Waals surface area contributed by atoms with Crippen LogP contribution in [0.2, 0.25) is 0 Å². The van der Waals surface area contributed by atoms with Gasteiger partial charge < -0.3 is 5.32 Å². The minimum Gasteiger partial charge on any atom is -0.352 e. The molecule has 1 N–H and O–H groups in total. The molecule has 0 heterocycles. The van der Waals surface area contributed by atoms with Crippen LogP contribution in [0.4, 0.5) is 0 Å². The fourth-order valence-electron chi connectivity index (χ4n) is 0.727. The number of hydrogen-bond acceptors (Lipinski definition) is 1. The van der Waals surface area contributed by atoms with Crippen LogP contribution in [0.3, 0.4) is 0 Å². The molecule has 1 aliphatic carbocycles. The highest BCUT2D eigenvalue weighted by molar-refractivity contribution is 5.96. The Morgan fingerprint density at radius 3 is 3.10 bits per heavy atom. The minimum absolute atomic E-state index is 0.0486. The first-order chi connectivity index (χ1) is 4.84. The van der Waals surface area contributed by atoms with Crippen molar-refractivity contribution in [1.82, 2.24) is 5.32 Å². The van der Waals surface area contributed by atoms with E-state index >= 15 is 0 Å². The summed E-state index contributed by atoms with van der Waals surface area (Å²) in [6.07, 6.45) is 5.26. The molecule has 0 saturated heterocycles. The summed E-state index contributed by atoms with van der Waals surface area (Å²) in [5.74, 6) is -0.0486. The van der Waals surface area contributed by atoms with Gasteiger partial charge in [-0.3, -0.25) is 4.79 Å². The predicted octanol–water partition coefficient (Wildman–Crippen LogP) is 0.774. The van der Waals surface area contributed by atoms with Gasteiger partial charge in [-0.2, -0.15) is 0 Å². The Bertz CT molecular complexity index is 232. The van der Waals surface area contributed by atoms with Gasteiger partial charge in [-0.25, -0.2) is 0 Å². The summed E-state index contributed by atoms with van der Waals surface area (Å²) < 4.78 is 0. The van der Waals surface area contributed by atoms with Crippen LogP contribution in [0.5, 0.6) is 0 Å². The maximum absolute atomic E-state index is 11.0. The quantitative estimate of drug-likeness (QED) is 0.557. The number of carbonyl (C=O) groups is 1. The second-order valence-corrected chi connectivity index (χ2v) is 1.94. The van der Waals surface area contributed by atoms with Crippen molar-refractivity contribution in [2.24, 2.45) is 0 Å². The van der Waals surface area contributed by atoms with Gasteiger partial charge in [-0.15, -0.1) is 5.73 Å². The Balaban J connectivity index is 2.58. The molecule has 52 valence electrons. The fourth-order valence-corrected chi connectivity index (χ4v) is 0.727. The molecule has 0 unspecified atom stereocenters. The van der Waals surface area contributed by atoms with Gasteiger partial charge >= 0.3 is 0 Å². The van der Waals surface area contributed by atoms with E-state index in [1.54, 1.807) is 18.2 Å². The van der Waals surface area contributed by atoms with Crippen molar-refractivity contribution in [3.63, 3.8) is 0 Å². The lowest BCUT2D eigenvalue weighted by molar-refractivity contribution is -0.117. The molecule has 2 nitrogen and oxygen atoms in total. The number of carbonyl (C=O) groups excluding carboxylic acids is 1. The maximum atomic E-state index is 11.0. The zero-order valence-electron chi connectivity index (χ0n) is 5.85. The summed E-state index contributed by atoms with van der Waals surface area (Å²) in [6.45, 7) is 2.55. The zero-order chi connectivity index (χ0) is 7.40. The number of amides is 1. The summed E-state index contributed by atoms with van der Waals surface area (Å²) >= 11 is 0. The summed E-state index contributed by atoms with van der Waals surface area (Å²) in [4.78, 5) is 11.0. The Morgan fingerprint density at radius 1 is 1.80 bits per heavy atom. The van der Waals surface area contributed by atoms with Crippen LogP contribution in [-0.2, 0) is 4.79 Å². The van der Waals surface area contributed by atoms with E-state index in [-0.39, 0.29) is 5.91 Å². The van der Waals surface area contributed by atoms with Crippen molar-refractivity contribution in [3.8, 4) is 0 Å². The molecule has 0 saturated carbocycles. The number of hydrogen-bond donors (Lipinski definition) is 1. The van der Waals surface area contributed by atoms with E-state index in [0.717, 1.165) is 0 Å². The molecular weight excluding hydrogens is 126 g/mol. The molecule has 0 aromatic rings.